The van der Waals surface area contributed by atoms with Crippen LogP contribution in [0.2, 0.25) is 0 Å². The number of piperidine rings is 1. The van der Waals surface area contributed by atoms with Gasteiger partial charge >= 0.3 is 6.03 Å². The second kappa shape index (κ2) is 8.95. The summed E-state index contributed by atoms with van der Waals surface area (Å²) >= 11 is 0. The molecule has 0 aliphatic carbocycles. The van der Waals surface area contributed by atoms with Gasteiger partial charge in [-0.05, 0) is 31.2 Å². The van der Waals surface area contributed by atoms with Gasteiger partial charge in [0, 0.05) is 58.9 Å². The average Bonchev–Trinajstić information content (AvgIpc) is 3.29. The Labute approximate surface area is 168 Å². The van der Waals surface area contributed by atoms with Gasteiger partial charge in [0.1, 0.15) is 0 Å². The van der Waals surface area contributed by atoms with Crippen LogP contribution in [0.3, 0.4) is 0 Å². The van der Waals surface area contributed by atoms with Gasteiger partial charge in [0.05, 0.1) is 5.92 Å². The number of urea groups is 1. The van der Waals surface area contributed by atoms with E-state index in [0.717, 1.165) is 78.0 Å². The quantitative estimate of drug-likeness (QED) is 0.803. The van der Waals surface area contributed by atoms with E-state index in [9.17, 15) is 9.59 Å². The third-order valence-corrected chi connectivity index (χ3v) is 6.35. The first-order chi connectivity index (χ1) is 13.7. The van der Waals surface area contributed by atoms with Gasteiger partial charge in [0.25, 0.3) is 0 Å². The van der Waals surface area contributed by atoms with E-state index in [-0.39, 0.29) is 17.9 Å². The molecule has 3 aliphatic heterocycles. The first kappa shape index (κ1) is 19.2. The van der Waals surface area contributed by atoms with E-state index in [0.29, 0.717) is 6.54 Å². The summed E-state index contributed by atoms with van der Waals surface area (Å²) in [5.74, 6) is 0.222. The maximum atomic E-state index is 13.1. The summed E-state index contributed by atoms with van der Waals surface area (Å²) in [5.41, 5.74) is 1.32. The fraction of sp³-hybridized carbons (Fsp3) is 0.636. The lowest BCUT2D eigenvalue weighted by molar-refractivity contribution is -0.138. The molecule has 1 aromatic carbocycles. The van der Waals surface area contributed by atoms with Crippen LogP contribution in [0, 0.1) is 5.92 Å². The number of carbonyl (C=O) groups excluding carboxylic acids is 2. The van der Waals surface area contributed by atoms with E-state index < -0.39 is 0 Å². The fourth-order valence-electron chi connectivity index (χ4n) is 4.69. The smallest absolute Gasteiger partial charge is 0.320 e. The Hall–Kier alpha value is -2.08. The molecule has 0 saturated carbocycles. The Bertz CT molecular complexity index is 666. The van der Waals surface area contributed by atoms with E-state index in [1.165, 1.54) is 5.56 Å². The van der Waals surface area contributed by atoms with E-state index in [1.807, 2.05) is 20.8 Å². The number of hydrogen-bond acceptors (Lipinski definition) is 3. The van der Waals surface area contributed by atoms with Crippen LogP contribution in [0.25, 0.3) is 0 Å². The minimum atomic E-state index is -0.0269. The molecule has 152 valence electrons. The summed E-state index contributed by atoms with van der Waals surface area (Å²) in [6.45, 7) is 7.51. The normalized spacial score (nSPS) is 23.9. The van der Waals surface area contributed by atoms with Crippen LogP contribution in [-0.2, 0) is 11.3 Å². The van der Waals surface area contributed by atoms with Crippen molar-refractivity contribution in [1.29, 1.82) is 0 Å². The summed E-state index contributed by atoms with van der Waals surface area (Å²) in [6, 6.07) is 10.7. The molecule has 6 nitrogen and oxygen atoms in total. The standard InChI is InChI=1S/C22H32N4O2/c27-21(20-9-6-12-26(18-20)22(28)25-10-4-5-11-25)24-15-13-23(14-16-24)17-19-7-2-1-3-8-19/h1-3,7-8,20H,4-6,9-18H2/t20-/m1/s1. The minimum Gasteiger partial charge on any atom is -0.340 e. The molecule has 28 heavy (non-hydrogen) atoms. The van der Waals surface area contributed by atoms with Crippen LogP contribution < -0.4 is 0 Å². The van der Waals surface area contributed by atoms with Crippen molar-refractivity contribution in [2.45, 2.75) is 32.2 Å². The Kier molecular flexibility index (Phi) is 6.15. The van der Waals surface area contributed by atoms with Crippen molar-refractivity contribution in [3.63, 3.8) is 0 Å². The molecular formula is C22H32N4O2. The van der Waals surface area contributed by atoms with Crippen LogP contribution in [0.5, 0.6) is 0 Å². The zero-order valence-electron chi connectivity index (χ0n) is 16.8. The van der Waals surface area contributed by atoms with Crippen LogP contribution in [0.4, 0.5) is 4.79 Å². The Morgan fingerprint density at radius 3 is 2.18 bits per heavy atom. The lowest BCUT2D eigenvalue weighted by atomic mass is 9.96. The molecule has 3 fully saturated rings. The van der Waals surface area contributed by atoms with Crippen molar-refractivity contribution in [3.8, 4) is 0 Å². The van der Waals surface area contributed by atoms with Gasteiger partial charge < -0.3 is 14.7 Å². The number of amides is 3. The third-order valence-electron chi connectivity index (χ3n) is 6.35. The van der Waals surface area contributed by atoms with Crippen molar-refractivity contribution in [2.24, 2.45) is 5.92 Å². The number of piperazine rings is 1. The topological polar surface area (TPSA) is 47.1 Å². The molecule has 3 amide bonds. The van der Waals surface area contributed by atoms with Gasteiger partial charge in [-0.25, -0.2) is 4.79 Å². The summed E-state index contributed by atoms with van der Waals surface area (Å²) < 4.78 is 0. The predicted octanol–water partition coefficient (Wildman–Crippen LogP) is 2.26. The van der Waals surface area contributed by atoms with E-state index in [4.69, 9.17) is 0 Å². The van der Waals surface area contributed by atoms with E-state index >= 15 is 0 Å². The van der Waals surface area contributed by atoms with Gasteiger partial charge in [-0.1, -0.05) is 30.3 Å². The lowest BCUT2D eigenvalue weighted by Gasteiger charge is -2.39. The molecule has 3 saturated heterocycles. The molecule has 4 rings (SSSR count). The van der Waals surface area contributed by atoms with Crippen molar-refractivity contribution in [1.82, 2.24) is 19.6 Å². The maximum absolute atomic E-state index is 13.1. The fourth-order valence-corrected chi connectivity index (χ4v) is 4.69. The summed E-state index contributed by atoms with van der Waals surface area (Å²) in [7, 11) is 0. The molecule has 3 aliphatic rings. The van der Waals surface area contributed by atoms with E-state index in [1.54, 1.807) is 0 Å². The predicted molar refractivity (Wildman–Crippen MR) is 109 cm³/mol. The molecule has 0 bridgehead atoms. The van der Waals surface area contributed by atoms with Crippen molar-refractivity contribution in [2.75, 3.05) is 52.4 Å². The van der Waals surface area contributed by atoms with Crippen LogP contribution >= 0.6 is 0 Å². The summed E-state index contributed by atoms with van der Waals surface area (Å²) in [6.07, 6.45) is 4.06. The van der Waals surface area contributed by atoms with Crippen molar-refractivity contribution < 1.29 is 9.59 Å². The number of carbonyl (C=O) groups is 2. The van der Waals surface area contributed by atoms with Gasteiger partial charge in [-0.2, -0.15) is 0 Å². The Morgan fingerprint density at radius 2 is 1.46 bits per heavy atom. The number of benzene rings is 1. The SMILES string of the molecule is O=C([C@@H]1CCCN(C(=O)N2CCCC2)C1)N1CCN(Cc2ccccc2)CC1. The first-order valence-corrected chi connectivity index (χ1v) is 10.8. The molecule has 3 heterocycles. The molecular weight excluding hydrogens is 352 g/mol. The molecule has 0 aromatic heterocycles. The number of rotatable bonds is 3. The number of likely N-dealkylation sites (tertiary alicyclic amines) is 2. The Balaban J connectivity index is 1.27. The van der Waals surface area contributed by atoms with Crippen molar-refractivity contribution in [3.05, 3.63) is 35.9 Å². The molecule has 0 N–H and O–H groups in total. The summed E-state index contributed by atoms with van der Waals surface area (Å²) in [4.78, 5) is 34.1. The maximum Gasteiger partial charge on any atom is 0.320 e. The van der Waals surface area contributed by atoms with Gasteiger partial charge in [-0.15, -0.1) is 0 Å². The molecule has 6 heteroatoms. The molecule has 1 atom stereocenters. The lowest BCUT2D eigenvalue weighted by Crippen LogP contribution is -2.54. The summed E-state index contributed by atoms with van der Waals surface area (Å²) in [5, 5.41) is 0. The largest absolute Gasteiger partial charge is 0.340 e. The number of nitrogens with zero attached hydrogens (tertiary/aromatic N) is 4. The van der Waals surface area contributed by atoms with Crippen LogP contribution in [0.1, 0.15) is 31.2 Å². The zero-order valence-corrected chi connectivity index (χ0v) is 16.8. The highest BCUT2D eigenvalue weighted by molar-refractivity contribution is 5.81. The Morgan fingerprint density at radius 1 is 0.786 bits per heavy atom. The van der Waals surface area contributed by atoms with Crippen LogP contribution in [-0.4, -0.2) is 83.9 Å². The number of hydrogen-bond donors (Lipinski definition) is 0. The highest BCUT2D eigenvalue weighted by Gasteiger charge is 2.34. The highest BCUT2D eigenvalue weighted by Crippen LogP contribution is 2.22. The second-order valence-corrected chi connectivity index (χ2v) is 8.35. The molecule has 1 aromatic rings. The van der Waals surface area contributed by atoms with E-state index in [2.05, 4.69) is 29.2 Å². The minimum absolute atomic E-state index is 0.0269. The molecule has 0 spiro atoms. The van der Waals surface area contributed by atoms with Gasteiger partial charge in [0.2, 0.25) is 5.91 Å². The van der Waals surface area contributed by atoms with Crippen molar-refractivity contribution >= 4 is 11.9 Å². The third kappa shape index (κ3) is 4.49. The first-order valence-electron chi connectivity index (χ1n) is 10.8. The second-order valence-electron chi connectivity index (χ2n) is 8.35. The zero-order chi connectivity index (χ0) is 19.3. The van der Waals surface area contributed by atoms with Gasteiger partial charge in [0.15, 0.2) is 0 Å². The molecule has 0 unspecified atom stereocenters. The average molecular weight is 385 g/mol. The highest BCUT2D eigenvalue weighted by atomic mass is 16.2. The van der Waals surface area contributed by atoms with Crippen LogP contribution in [0.15, 0.2) is 30.3 Å². The molecule has 0 radical (unpaired) electrons. The monoisotopic (exact) mass is 384 g/mol. The van der Waals surface area contributed by atoms with Gasteiger partial charge in [-0.3, -0.25) is 9.69 Å².